The average Bonchev–Trinajstić information content (AvgIpc) is 2.73. The van der Waals surface area contributed by atoms with Crippen LogP contribution in [-0.2, 0) is 4.79 Å². The first kappa shape index (κ1) is 14.3. The standard InChI is InChI=1S/C12H15N5O2S/c1-6-4-9(13)15-12(14-6)20-8(3)11(18)16-10-5-7(2)19-17-10/h4-5,8H,1-3H3,(H2,13,14,15)(H,16,17,18)/t8-/m0/s1. The van der Waals surface area contributed by atoms with Gasteiger partial charge in [0.05, 0.1) is 5.25 Å². The molecule has 0 bridgehead atoms. The lowest BCUT2D eigenvalue weighted by molar-refractivity contribution is -0.115. The number of carbonyl (C=O) groups is 1. The summed E-state index contributed by atoms with van der Waals surface area (Å²) in [7, 11) is 0. The van der Waals surface area contributed by atoms with Crippen LogP contribution in [0.3, 0.4) is 0 Å². The molecule has 0 aliphatic heterocycles. The summed E-state index contributed by atoms with van der Waals surface area (Å²) in [6.07, 6.45) is 0. The SMILES string of the molecule is Cc1cc(N)nc(S[C@@H](C)C(=O)Nc2cc(C)on2)n1. The summed E-state index contributed by atoms with van der Waals surface area (Å²) in [5.41, 5.74) is 6.41. The molecule has 7 nitrogen and oxygen atoms in total. The molecule has 2 heterocycles. The van der Waals surface area contributed by atoms with Crippen LogP contribution in [0, 0.1) is 13.8 Å². The zero-order chi connectivity index (χ0) is 14.7. The predicted molar refractivity (Wildman–Crippen MR) is 76.4 cm³/mol. The van der Waals surface area contributed by atoms with Crippen LogP contribution >= 0.6 is 11.8 Å². The van der Waals surface area contributed by atoms with Crippen molar-refractivity contribution in [2.45, 2.75) is 31.2 Å². The van der Waals surface area contributed by atoms with Crippen LogP contribution in [-0.4, -0.2) is 26.3 Å². The van der Waals surface area contributed by atoms with E-state index in [2.05, 4.69) is 20.4 Å². The van der Waals surface area contributed by atoms with E-state index < -0.39 is 0 Å². The van der Waals surface area contributed by atoms with Crippen LogP contribution < -0.4 is 11.1 Å². The van der Waals surface area contributed by atoms with E-state index in [0.717, 1.165) is 5.69 Å². The number of rotatable bonds is 4. The van der Waals surface area contributed by atoms with Crippen molar-refractivity contribution in [1.29, 1.82) is 0 Å². The lowest BCUT2D eigenvalue weighted by Crippen LogP contribution is -2.22. The average molecular weight is 293 g/mol. The molecular weight excluding hydrogens is 278 g/mol. The molecule has 0 saturated heterocycles. The second kappa shape index (κ2) is 5.91. The summed E-state index contributed by atoms with van der Waals surface area (Å²) in [6.45, 7) is 5.34. The van der Waals surface area contributed by atoms with Crippen LogP contribution in [0.25, 0.3) is 0 Å². The predicted octanol–water partition coefficient (Wildman–Crippen LogP) is 1.78. The number of amides is 1. The molecule has 1 amide bonds. The van der Waals surface area contributed by atoms with Gasteiger partial charge in [-0.2, -0.15) is 0 Å². The van der Waals surface area contributed by atoms with Crippen molar-refractivity contribution in [2.24, 2.45) is 0 Å². The highest BCUT2D eigenvalue weighted by Gasteiger charge is 2.17. The Bertz CT molecular complexity index is 608. The van der Waals surface area contributed by atoms with Crippen LogP contribution in [0.1, 0.15) is 18.4 Å². The molecule has 0 fully saturated rings. The lowest BCUT2D eigenvalue weighted by atomic mass is 10.4. The van der Waals surface area contributed by atoms with Gasteiger partial charge < -0.3 is 15.6 Å². The second-order valence-corrected chi connectivity index (χ2v) is 5.60. The summed E-state index contributed by atoms with van der Waals surface area (Å²) >= 11 is 1.23. The largest absolute Gasteiger partial charge is 0.384 e. The molecule has 3 N–H and O–H groups in total. The molecule has 0 radical (unpaired) electrons. The minimum atomic E-state index is -0.381. The van der Waals surface area contributed by atoms with Gasteiger partial charge in [-0.05, 0) is 20.8 Å². The van der Waals surface area contributed by atoms with Crippen molar-refractivity contribution in [1.82, 2.24) is 15.1 Å². The molecule has 0 spiro atoms. The molecule has 2 aromatic rings. The smallest absolute Gasteiger partial charge is 0.238 e. The number of anilines is 2. The molecule has 0 unspecified atom stereocenters. The number of hydrogen-bond acceptors (Lipinski definition) is 7. The van der Waals surface area contributed by atoms with E-state index in [4.69, 9.17) is 10.3 Å². The van der Waals surface area contributed by atoms with Crippen LogP contribution in [0.2, 0.25) is 0 Å². The maximum absolute atomic E-state index is 12.0. The Labute approximate surface area is 120 Å². The Morgan fingerprint density at radius 2 is 2.15 bits per heavy atom. The van der Waals surface area contributed by atoms with Gasteiger partial charge in [-0.3, -0.25) is 4.79 Å². The zero-order valence-corrected chi connectivity index (χ0v) is 12.2. The van der Waals surface area contributed by atoms with Gasteiger partial charge in [0.25, 0.3) is 0 Å². The van der Waals surface area contributed by atoms with Gasteiger partial charge >= 0.3 is 0 Å². The molecule has 0 aromatic carbocycles. The van der Waals surface area contributed by atoms with Crippen LogP contribution in [0.4, 0.5) is 11.6 Å². The molecule has 0 saturated carbocycles. The van der Waals surface area contributed by atoms with Gasteiger partial charge in [-0.15, -0.1) is 0 Å². The number of thioether (sulfide) groups is 1. The van der Waals surface area contributed by atoms with Gasteiger partial charge in [0.15, 0.2) is 11.0 Å². The number of nitrogens with one attached hydrogen (secondary N) is 1. The Balaban J connectivity index is 2.00. The first-order chi connectivity index (χ1) is 9.44. The number of carbonyl (C=O) groups excluding carboxylic acids is 1. The number of aryl methyl sites for hydroxylation is 2. The molecule has 20 heavy (non-hydrogen) atoms. The quantitative estimate of drug-likeness (QED) is 0.653. The summed E-state index contributed by atoms with van der Waals surface area (Å²) < 4.78 is 4.88. The molecule has 0 aliphatic rings. The van der Waals surface area contributed by atoms with E-state index >= 15 is 0 Å². The zero-order valence-electron chi connectivity index (χ0n) is 11.4. The molecule has 2 rings (SSSR count). The van der Waals surface area contributed by atoms with Gasteiger partial charge in [-0.1, -0.05) is 16.9 Å². The fourth-order valence-corrected chi connectivity index (χ4v) is 2.32. The Kier molecular flexibility index (Phi) is 4.23. The van der Waals surface area contributed by atoms with E-state index in [1.54, 1.807) is 26.0 Å². The molecular formula is C12H15N5O2S. The van der Waals surface area contributed by atoms with E-state index in [0.29, 0.717) is 22.6 Å². The fourth-order valence-electron chi connectivity index (χ4n) is 1.48. The number of nitrogens with two attached hydrogens (primary N) is 1. The summed E-state index contributed by atoms with van der Waals surface area (Å²) in [4.78, 5) is 20.3. The van der Waals surface area contributed by atoms with Gasteiger partial charge in [0.2, 0.25) is 5.91 Å². The van der Waals surface area contributed by atoms with E-state index in [1.165, 1.54) is 11.8 Å². The fraction of sp³-hybridized carbons (Fsp3) is 0.333. The number of aromatic nitrogens is 3. The van der Waals surface area contributed by atoms with Crippen molar-refractivity contribution >= 4 is 29.3 Å². The van der Waals surface area contributed by atoms with E-state index in [9.17, 15) is 4.79 Å². The van der Waals surface area contributed by atoms with Crippen LogP contribution in [0.5, 0.6) is 0 Å². The Hall–Kier alpha value is -2.09. The van der Waals surface area contributed by atoms with E-state index in [-0.39, 0.29) is 11.2 Å². The van der Waals surface area contributed by atoms with Crippen molar-refractivity contribution in [3.8, 4) is 0 Å². The van der Waals surface area contributed by atoms with Gasteiger partial charge in [-0.25, -0.2) is 9.97 Å². The third-order valence-corrected chi connectivity index (χ3v) is 3.35. The molecule has 106 valence electrons. The minimum Gasteiger partial charge on any atom is -0.384 e. The first-order valence-corrected chi connectivity index (χ1v) is 6.84. The molecule has 1 atom stereocenters. The first-order valence-electron chi connectivity index (χ1n) is 5.96. The Morgan fingerprint density at radius 3 is 2.75 bits per heavy atom. The van der Waals surface area contributed by atoms with Crippen molar-refractivity contribution < 1.29 is 9.32 Å². The Morgan fingerprint density at radius 1 is 1.40 bits per heavy atom. The summed E-state index contributed by atoms with van der Waals surface area (Å²) in [6, 6.07) is 3.32. The number of hydrogen-bond donors (Lipinski definition) is 2. The van der Waals surface area contributed by atoms with Crippen molar-refractivity contribution in [3.05, 3.63) is 23.6 Å². The third-order valence-electron chi connectivity index (χ3n) is 2.38. The maximum atomic E-state index is 12.0. The highest BCUT2D eigenvalue weighted by Crippen LogP contribution is 2.21. The maximum Gasteiger partial charge on any atom is 0.238 e. The topological polar surface area (TPSA) is 107 Å². The van der Waals surface area contributed by atoms with Gasteiger partial charge in [0.1, 0.15) is 11.6 Å². The van der Waals surface area contributed by atoms with Crippen molar-refractivity contribution in [2.75, 3.05) is 11.1 Å². The van der Waals surface area contributed by atoms with Gasteiger partial charge in [0, 0.05) is 17.8 Å². The third kappa shape index (κ3) is 3.70. The lowest BCUT2D eigenvalue weighted by Gasteiger charge is -2.09. The highest BCUT2D eigenvalue weighted by molar-refractivity contribution is 8.00. The highest BCUT2D eigenvalue weighted by atomic mass is 32.2. The molecule has 0 aliphatic carbocycles. The van der Waals surface area contributed by atoms with E-state index in [1.807, 2.05) is 6.92 Å². The molecule has 2 aromatic heterocycles. The summed E-state index contributed by atoms with van der Waals surface area (Å²) in [5, 5.41) is 6.46. The summed E-state index contributed by atoms with van der Waals surface area (Å²) in [5.74, 6) is 1.21. The minimum absolute atomic E-state index is 0.202. The monoisotopic (exact) mass is 293 g/mol. The van der Waals surface area contributed by atoms with Crippen LogP contribution in [0.15, 0.2) is 21.8 Å². The normalized spacial score (nSPS) is 12.2. The van der Waals surface area contributed by atoms with Crippen molar-refractivity contribution in [3.63, 3.8) is 0 Å². The second-order valence-electron chi connectivity index (χ2n) is 4.29. The number of nitrogens with zero attached hydrogens (tertiary/aromatic N) is 3. The molecule has 8 heteroatoms. The number of nitrogen functional groups attached to an aromatic ring is 1.